The number of rotatable bonds is 3. The summed E-state index contributed by atoms with van der Waals surface area (Å²) in [6.07, 6.45) is 3.67. The van der Waals surface area contributed by atoms with Gasteiger partial charge in [-0.3, -0.25) is 0 Å². The maximum absolute atomic E-state index is 10.3. The molecule has 0 saturated heterocycles. The molecular formula is C26H30N4O. The summed E-state index contributed by atoms with van der Waals surface area (Å²) in [5.41, 5.74) is 6.86. The van der Waals surface area contributed by atoms with Gasteiger partial charge in [-0.15, -0.1) is 0 Å². The minimum atomic E-state index is -1.64. The first-order valence-electron chi connectivity index (χ1n) is 10.8. The Morgan fingerprint density at radius 3 is 2.32 bits per heavy atom. The SMILES string of the molecule is CC(C)Oc1ccccc1[C@H]1[C@@H]2CC(C(C)(C)C)CC=C2C(C#N)=C(N)C1(C#N)C#N. The Bertz CT molecular complexity index is 1040. The topological polar surface area (TPSA) is 107 Å². The highest BCUT2D eigenvalue weighted by molar-refractivity contribution is 5.60. The summed E-state index contributed by atoms with van der Waals surface area (Å²) < 4.78 is 6.08. The standard InChI is InChI=1S/C26H30N4O/c1-16(2)31-22-9-7-6-8-19(22)23-20-12-17(25(3,4)5)10-11-18(20)21(13-27)24(30)26(23,14-28)15-29/h6-9,11,16-17,20,23H,10,12,30H2,1-5H3/t17?,20-,23+/m1/s1. The third kappa shape index (κ3) is 3.68. The van der Waals surface area contributed by atoms with Crippen molar-refractivity contribution < 1.29 is 4.74 Å². The van der Waals surface area contributed by atoms with E-state index in [-0.39, 0.29) is 23.1 Å². The molecule has 5 nitrogen and oxygen atoms in total. The number of allylic oxidation sites excluding steroid dienone is 4. The third-order valence-corrected chi connectivity index (χ3v) is 6.72. The number of nitrogens with two attached hydrogens (primary N) is 1. The van der Waals surface area contributed by atoms with Gasteiger partial charge in [-0.25, -0.2) is 0 Å². The van der Waals surface area contributed by atoms with Gasteiger partial charge in [0.05, 0.1) is 29.5 Å². The molecule has 0 bridgehead atoms. The zero-order chi connectivity index (χ0) is 23.0. The predicted octanol–water partition coefficient (Wildman–Crippen LogP) is 5.34. The lowest BCUT2D eigenvalue weighted by Gasteiger charge is -2.47. The molecule has 31 heavy (non-hydrogen) atoms. The average Bonchev–Trinajstić information content (AvgIpc) is 2.72. The van der Waals surface area contributed by atoms with Crippen LogP contribution in [0.3, 0.4) is 0 Å². The van der Waals surface area contributed by atoms with Gasteiger partial charge in [0.1, 0.15) is 11.8 Å². The van der Waals surface area contributed by atoms with Crippen LogP contribution in [0.1, 0.15) is 58.9 Å². The van der Waals surface area contributed by atoms with E-state index in [1.807, 2.05) is 38.1 Å². The highest BCUT2D eigenvalue weighted by atomic mass is 16.5. The van der Waals surface area contributed by atoms with Crippen molar-refractivity contribution >= 4 is 0 Å². The second-order valence-electron chi connectivity index (χ2n) is 9.91. The number of hydrogen-bond acceptors (Lipinski definition) is 5. The van der Waals surface area contributed by atoms with Crippen LogP contribution in [0, 0.1) is 56.7 Å². The molecule has 2 N–H and O–H groups in total. The number of nitrogens with zero attached hydrogens (tertiary/aromatic N) is 3. The first kappa shape index (κ1) is 22.5. The van der Waals surface area contributed by atoms with E-state index in [2.05, 4.69) is 45.1 Å². The van der Waals surface area contributed by atoms with Crippen LogP contribution < -0.4 is 10.5 Å². The molecule has 0 heterocycles. The van der Waals surface area contributed by atoms with Gasteiger partial charge in [-0.1, -0.05) is 45.0 Å². The minimum Gasteiger partial charge on any atom is -0.491 e. The molecule has 0 aromatic heterocycles. The Labute approximate surface area is 185 Å². The van der Waals surface area contributed by atoms with Crippen LogP contribution >= 0.6 is 0 Å². The summed E-state index contributed by atoms with van der Waals surface area (Å²) in [5, 5.41) is 30.5. The Hall–Kier alpha value is -3.23. The monoisotopic (exact) mass is 414 g/mol. The summed E-state index contributed by atoms with van der Waals surface area (Å²) in [6.45, 7) is 10.5. The van der Waals surface area contributed by atoms with Crippen molar-refractivity contribution in [2.75, 3.05) is 0 Å². The molecule has 1 aromatic rings. The summed E-state index contributed by atoms with van der Waals surface area (Å²) in [5.74, 6) is 0.321. The van der Waals surface area contributed by atoms with Gasteiger partial charge in [0, 0.05) is 11.5 Å². The molecule has 3 rings (SSSR count). The molecule has 2 aliphatic rings. The molecule has 1 unspecified atom stereocenters. The van der Waals surface area contributed by atoms with Gasteiger partial charge in [-0.05, 0) is 55.6 Å². The van der Waals surface area contributed by atoms with Crippen LogP contribution in [-0.4, -0.2) is 6.10 Å². The zero-order valence-corrected chi connectivity index (χ0v) is 18.9. The maximum atomic E-state index is 10.3. The van der Waals surface area contributed by atoms with Gasteiger partial charge in [-0.2, -0.15) is 15.8 Å². The summed E-state index contributed by atoms with van der Waals surface area (Å²) in [6, 6.07) is 14.2. The van der Waals surface area contributed by atoms with Crippen molar-refractivity contribution in [3.63, 3.8) is 0 Å². The number of nitriles is 3. The second-order valence-corrected chi connectivity index (χ2v) is 9.91. The molecule has 2 aliphatic carbocycles. The van der Waals surface area contributed by atoms with Crippen molar-refractivity contribution in [1.82, 2.24) is 0 Å². The summed E-state index contributed by atoms with van der Waals surface area (Å²) >= 11 is 0. The molecule has 0 amide bonds. The van der Waals surface area contributed by atoms with Crippen LogP contribution in [0.4, 0.5) is 0 Å². The fourth-order valence-corrected chi connectivity index (χ4v) is 5.04. The number of benzene rings is 1. The molecule has 3 atom stereocenters. The maximum Gasteiger partial charge on any atom is 0.191 e. The first-order chi connectivity index (χ1) is 14.6. The number of fused-ring (bicyclic) bond motifs is 1. The van der Waals surface area contributed by atoms with E-state index in [1.54, 1.807) is 0 Å². The molecule has 0 fully saturated rings. The van der Waals surface area contributed by atoms with Gasteiger partial charge in [0.2, 0.25) is 0 Å². The molecule has 160 valence electrons. The first-order valence-corrected chi connectivity index (χ1v) is 10.8. The predicted molar refractivity (Wildman–Crippen MR) is 119 cm³/mol. The Morgan fingerprint density at radius 1 is 1.13 bits per heavy atom. The fraction of sp³-hybridized carbons (Fsp3) is 0.500. The van der Waals surface area contributed by atoms with E-state index in [1.165, 1.54) is 0 Å². The van der Waals surface area contributed by atoms with Gasteiger partial charge >= 0.3 is 0 Å². The Morgan fingerprint density at radius 2 is 1.77 bits per heavy atom. The molecule has 0 radical (unpaired) electrons. The van der Waals surface area contributed by atoms with Crippen molar-refractivity contribution in [1.29, 1.82) is 15.8 Å². The van der Waals surface area contributed by atoms with Crippen LogP contribution in [0.25, 0.3) is 0 Å². The highest BCUT2D eigenvalue weighted by Gasteiger charge is 2.55. The molecule has 0 aliphatic heterocycles. The largest absolute Gasteiger partial charge is 0.491 e. The van der Waals surface area contributed by atoms with E-state index in [0.717, 1.165) is 24.0 Å². The van der Waals surface area contributed by atoms with E-state index >= 15 is 0 Å². The third-order valence-electron chi connectivity index (χ3n) is 6.72. The van der Waals surface area contributed by atoms with E-state index in [4.69, 9.17) is 10.5 Å². The highest BCUT2D eigenvalue weighted by Crippen LogP contribution is 2.59. The van der Waals surface area contributed by atoms with Crippen LogP contribution in [0.5, 0.6) is 5.75 Å². The lowest BCUT2D eigenvalue weighted by Crippen LogP contribution is -2.44. The normalized spacial score (nSPS) is 25.0. The Kier molecular flexibility index (Phi) is 5.89. The second kappa shape index (κ2) is 8.13. The Balaban J connectivity index is 2.32. The number of para-hydroxylation sites is 1. The summed E-state index contributed by atoms with van der Waals surface area (Å²) in [7, 11) is 0. The van der Waals surface area contributed by atoms with Crippen LogP contribution in [0.15, 0.2) is 47.2 Å². The lowest BCUT2D eigenvalue weighted by atomic mass is 9.54. The van der Waals surface area contributed by atoms with Crippen LogP contribution in [0.2, 0.25) is 0 Å². The lowest BCUT2D eigenvalue weighted by molar-refractivity contribution is 0.167. The van der Waals surface area contributed by atoms with Crippen molar-refractivity contribution in [3.8, 4) is 24.0 Å². The van der Waals surface area contributed by atoms with Crippen molar-refractivity contribution in [3.05, 3.63) is 52.7 Å². The van der Waals surface area contributed by atoms with Crippen molar-refractivity contribution in [2.24, 2.45) is 28.4 Å². The van der Waals surface area contributed by atoms with Crippen molar-refractivity contribution in [2.45, 2.75) is 59.5 Å². The summed E-state index contributed by atoms with van der Waals surface area (Å²) in [4.78, 5) is 0. The van der Waals surface area contributed by atoms with Gasteiger partial charge in [0.15, 0.2) is 5.41 Å². The fourth-order valence-electron chi connectivity index (χ4n) is 5.04. The molecular weight excluding hydrogens is 384 g/mol. The smallest absolute Gasteiger partial charge is 0.191 e. The average molecular weight is 415 g/mol. The van der Waals surface area contributed by atoms with Crippen LogP contribution in [-0.2, 0) is 0 Å². The van der Waals surface area contributed by atoms with E-state index in [9.17, 15) is 15.8 Å². The minimum absolute atomic E-state index is 0.0565. The van der Waals surface area contributed by atoms with Gasteiger partial charge < -0.3 is 10.5 Å². The molecule has 0 spiro atoms. The number of hydrogen-bond donors (Lipinski definition) is 1. The quantitative estimate of drug-likeness (QED) is 0.718. The molecule has 5 heteroatoms. The number of ether oxygens (including phenoxy) is 1. The molecule has 0 saturated carbocycles. The van der Waals surface area contributed by atoms with E-state index in [0.29, 0.717) is 17.2 Å². The molecule has 1 aromatic carbocycles. The zero-order valence-electron chi connectivity index (χ0n) is 18.9. The van der Waals surface area contributed by atoms with Gasteiger partial charge in [0.25, 0.3) is 0 Å². The van der Waals surface area contributed by atoms with E-state index < -0.39 is 11.3 Å².